The van der Waals surface area contributed by atoms with Gasteiger partial charge in [0.15, 0.2) is 5.82 Å². The first-order valence-corrected chi connectivity index (χ1v) is 10.0. The molecule has 7 nitrogen and oxygen atoms in total. The average Bonchev–Trinajstić information content (AvgIpc) is 3.32. The molecule has 2 aromatic heterocycles. The minimum Gasteiger partial charge on any atom is -0.344 e. The number of amides is 1. The minimum absolute atomic E-state index is 0.0570. The Kier molecular flexibility index (Phi) is 5.97. The van der Waals surface area contributed by atoms with Crippen molar-refractivity contribution in [1.82, 2.24) is 25.2 Å². The van der Waals surface area contributed by atoms with Gasteiger partial charge in [-0.2, -0.15) is 10.1 Å². The molecule has 0 unspecified atom stereocenters. The highest BCUT2D eigenvalue weighted by Gasteiger charge is 2.25. The summed E-state index contributed by atoms with van der Waals surface area (Å²) in [6.45, 7) is 11.0. The zero-order valence-electron chi connectivity index (χ0n) is 17.1. The van der Waals surface area contributed by atoms with Gasteiger partial charge in [0.05, 0.1) is 12.1 Å². The predicted molar refractivity (Wildman–Crippen MR) is 102 cm³/mol. The largest absolute Gasteiger partial charge is 0.344 e. The molecule has 148 valence electrons. The van der Waals surface area contributed by atoms with Gasteiger partial charge in [-0.3, -0.25) is 9.48 Å². The molecule has 1 fully saturated rings. The second kappa shape index (κ2) is 8.23. The lowest BCUT2D eigenvalue weighted by atomic mass is 10.1. The molecule has 7 heteroatoms. The maximum atomic E-state index is 12.6. The Morgan fingerprint density at radius 3 is 2.63 bits per heavy atom. The van der Waals surface area contributed by atoms with Gasteiger partial charge in [0.1, 0.15) is 6.04 Å². The van der Waals surface area contributed by atoms with E-state index in [0.717, 1.165) is 42.2 Å². The van der Waals surface area contributed by atoms with Crippen LogP contribution in [0.1, 0.15) is 87.1 Å². The number of carbonyl (C=O) groups is 1. The molecule has 2 aromatic rings. The van der Waals surface area contributed by atoms with Gasteiger partial charge in [0.2, 0.25) is 11.8 Å². The van der Waals surface area contributed by atoms with E-state index in [4.69, 9.17) is 4.52 Å². The molecule has 0 bridgehead atoms. The maximum Gasteiger partial charge on any atom is 0.248 e. The molecule has 0 spiro atoms. The van der Waals surface area contributed by atoms with Gasteiger partial charge in [-0.25, -0.2) is 0 Å². The molecule has 3 rings (SSSR count). The third-order valence-electron chi connectivity index (χ3n) is 5.33. The number of hydrogen-bond acceptors (Lipinski definition) is 5. The monoisotopic (exact) mass is 373 g/mol. The Bertz CT molecular complexity index is 786. The Labute approximate surface area is 160 Å². The maximum absolute atomic E-state index is 12.6. The smallest absolute Gasteiger partial charge is 0.248 e. The van der Waals surface area contributed by atoms with Gasteiger partial charge in [0.25, 0.3) is 0 Å². The quantitative estimate of drug-likeness (QED) is 0.801. The van der Waals surface area contributed by atoms with Gasteiger partial charge < -0.3 is 9.84 Å². The van der Waals surface area contributed by atoms with E-state index in [1.807, 2.05) is 25.5 Å². The summed E-state index contributed by atoms with van der Waals surface area (Å²) in [4.78, 5) is 17.1. The molecular weight excluding hydrogens is 342 g/mol. The SMILES string of the molecule is Cc1nn(CC(C)C)c(C)c1CC(=O)N[C@@H](C)c1nc(C2CCCC2)no1. The van der Waals surface area contributed by atoms with Gasteiger partial charge in [-0.05, 0) is 39.5 Å². The molecule has 1 aliphatic rings. The van der Waals surface area contributed by atoms with E-state index in [1.165, 1.54) is 12.8 Å². The molecule has 1 amide bonds. The molecule has 0 aliphatic heterocycles. The lowest BCUT2D eigenvalue weighted by Gasteiger charge is -2.11. The average molecular weight is 374 g/mol. The normalized spacial score (nSPS) is 16.2. The van der Waals surface area contributed by atoms with Crippen LogP contribution in [-0.2, 0) is 17.8 Å². The molecular formula is C20H31N5O2. The Morgan fingerprint density at radius 2 is 1.96 bits per heavy atom. The number of rotatable bonds is 7. The lowest BCUT2D eigenvalue weighted by Crippen LogP contribution is -2.28. The van der Waals surface area contributed by atoms with Crippen LogP contribution in [0.2, 0.25) is 0 Å². The van der Waals surface area contributed by atoms with Crippen LogP contribution in [0.15, 0.2) is 4.52 Å². The van der Waals surface area contributed by atoms with Crippen LogP contribution in [0.25, 0.3) is 0 Å². The molecule has 2 heterocycles. The van der Waals surface area contributed by atoms with Crippen molar-refractivity contribution in [3.63, 3.8) is 0 Å². The van der Waals surface area contributed by atoms with Crippen molar-refractivity contribution in [1.29, 1.82) is 0 Å². The molecule has 1 saturated carbocycles. The van der Waals surface area contributed by atoms with Crippen LogP contribution >= 0.6 is 0 Å². The number of carbonyl (C=O) groups excluding carboxylic acids is 1. The molecule has 1 aliphatic carbocycles. The number of nitrogens with one attached hydrogen (secondary N) is 1. The van der Waals surface area contributed by atoms with Crippen LogP contribution in [-0.4, -0.2) is 25.8 Å². The van der Waals surface area contributed by atoms with Crippen molar-refractivity contribution >= 4 is 5.91 Å². The first-order valence-electron chi connectivity index (χ1n) is 10.0. The second-order valence-electron chi connectivity index (χ2n) is 8.16. The zero-order valence-corrected chi connectivity index (χ0v) is 17.1. The number of nitrogens with zero attached hydrogens (tertiary/aromatic N) is 4. The van der Waals surface area contributed by atoms with Crippen molar-refractivity contribution < 1.29 is 9.32 Å². The van der Waals surface area contributed by atoms with Crippen molar-refractivity contribution in [3.8, 4) is 0 Å². The third-order valence-corrected chi connectivity index (χ3v) is 5.33. The van der Waals surface area contributed by atoms with Gasteiger partial charge >= 0.3 is 0 Å². The highest BCUT2D eigenvalue weighted by atomic mass is 16.5. The first-order chi connectivity index (χ1) is 12.8. The Balaban J connectivity index is 1.61. The van der Waals surface area contributed by atoms with Crippen LogP contribution in [0.4, 0.5) is 0 Å². The molecule has 0 aromatic carbocycles. The van der Waals surface area contributed by atoms with Crippen molar-refractivity contribution in [3.05, 3.63) is 28.7 Å². The van der Waals surface area contributed by atoms with E-state index in [-0.39, 0.29) is 11.9 Å². The van der Waals surface area contributed by atoms with E-state index < -0.39 is 0 Å². The van der Waals surface area contributed by atoms with Gasteiger partial charge in [0, 0.05) is 23.7 Å². The summed E-state index contributed by atoms with van der Waals surface area (Å²) in [6, 6.07) is -0.300. The highest BCUT2D eigenvalue weighted by Crippen LogP contribution is 2.32. The van der Waals surface area contributed by atoms with Crippen molar-refractivity contribution in [2.24, 2.45) is 5.92 Å². The number of hydrogen-bond donors (Lipinski definition) is 1. The van der Waals surface area contributed by atoms with E-state index >= 15 is 0 Å². The molecule has 27 heavy (non-hydrogen) atoms. The standard InChI is InChI=1S/C20H31N5O2/c1-12(2)11-25-15(5)17(13(3)23-25)10-18(26)21-14(4)20-22-19(24-27-20)16-8-6-7-9-16/h12,14,16H,6-11H2,1-5H3,(H,21,26)/t14-/m0/s1. The number of aromatic nitrogens is 4. The summed E-state index contributed by atoms with van der Waals surface area (Å²) < 4.78 is 7.39. The Hall–Kier alpha value is -2.18. The van der Waals surface area contributed by atoms with E-state index in [2.05, 4.69) is 34.4 Å². The highest BCUT2D eigenvalue weighted by molar-refractivity contribution is 5.79. The summed E-state index contributed by atoms with van der Waals surface area (Å²) in [5.74, 6) is 2.12. The topological polar surface area (TPSA) is 85.8 Å². The zero-order chi connectivity index (χ0) is 19.6. The summed E-state index contributed by atoms with van der Waals surface area (Å²) in [6.07, 6.45) is 5.01. The summed E-state index contributed by atoms with van der Waals surface area (Å²) in [5.41, 5.74) is 2.97. The van der Waals surface area contributed by atoms with E-state index in [1.54, 1.807) is 0 Å². The predicted octanol–water partition coefficient (Wildman–Crippen LogP) is 3.62. The fourth-order valence-electron chi connectivity index (χ4n) is 3.80. The fraction of sp³-hybridized carbons (Fsp3) is 0.700. The van der Waals surface area contributed by atoms with E-state index in [9.17, 15) is 4.79 Å². The summed E-state index contributed by atoms with van der Waals surface area (Å²) >= 11 is 0. The summed E-state index contributed by atoms with van der Waals surface area (Å²) in [5, 5.41) is 11.7. The summed E-state index contributed by atoms with van der Waals surface area (Å²) in [7, 11) is 0. The van der Waals surface area contributed by atoms with Gasteiger partial charge in [-0.15, -0.1) is 0 Å². The van der Waals surface area contributed by atoms with Crippen molar-refractivity contribution in [2.45, 2.75) is 85.2 Å². The van der Waals surface area contributed by atoms with Crippen LogP contribution in [0, 0.1) is 19.8 Å². The lowest BCUT2D eigenvalue weighted by molar-refractivity contribution is -0.121. The molecule has 0 saturated heterocycles. The number of aryl methyl sites for hydroxylation is 1. The second-order valence-corrected chi connectivity index (χ2v) is 8.16. The van der Waals surface area contributed by atoms with Crippen LogP contribution in [0.3, 0.4) is 0 Å². The Morgan fingerprint density at radius 1 is 1.26 bits per heavy atom. The fourth-order valence-corrected chi connectivity index (χ4v) is 3.80. The molecule has 1 atom stereocenters. The minimum atomic E-state index is -0.300. The molecule has 1 N–H and O–H groups in total. The van der Waals surface area contributed by atoms with Crippen LogP contribution < -0.4 is 5.32 Å². The van der Waals surface area contributed by atoms with Crippen LogP contribution in [0.5, 0.6) is 0 Å². The van der Waals surface area contributed by atoms with E-state index in [0.29, 0.717) is 24.1 Å². The van der Waals surface area contributed by atoms with Gasteiger partial charge in [-0.1, -0.05) is 31.8 Å². The van der Waals surface area contributed by atoms with Crippen molar-refractivity contribution in [2.75, 3.05) is 0 Å². The molecule has 0 radical (unpaired) electrons. The third kappa shape index (κ3) is 4.57. The first kappa shape index (κ1) is 19.6.